The van der Waals surface area contributed by atoms with Crippen molar-refractivity contribution in [2.75, 3.05) is 19.6 Å². The zero-order valence-corrected chi connectivity index (χ0v) is 24.7. The quantitative estimate of drug-likeness (QED) is 0.0925. The van der Waals surface area contributed by atoms with Gasteiger partial charge in [-0.1, -0.05) is 175 Å². The highest BCUT2D eigenvalue weighted by atomic mass is 15.1. The molecule has 0 aliphatic rings. The summed E-state index contributed by atoms with van der Waals surface area (Å²) in [5, 5.41) is 0. The van der Waals surface area contributed by atoms with Crippen LogP contribution in [0.4, 0.5) is 0 Å². The molecule has 0 atom stereocenters. The van der Waals surface area contributed by atoms with E-state index in [0.717, 1.165) is 0 Å². The van der Waals surface area contributed by atoms with Gasteiger partial charge in [0.25, 0.3) is 0 Å². The number of hydrogen-bond donors (Lipinski definition) is 0. The Kier molecular flexibility index (Phi) is 31.0. The van der Waals surface area contributed by atoms with Crippen molar-refractivity contribution in [3.05, 3.63) is 0 Å². The fourth-order valence-corrected chi connectivity index (χ4v) is 5.36. The van der Waals surface area contributed by atoms with Gasteiger partial charge in [0.1, 0.15) is 0 Å². The molecule has 0 aromatic carbocycles. The second-order valence-corrected chi connectivity index (χ2v) is 11.3. The Balaban J connectivity index is 3.38. The van der Waals surface area contributed by atoms with Crippen LogP contribution in [0.5, 0.6) is 0 Å². The maximum atomic E-state index is 2.76. The Hall–Kier alpha value is -0.0400. The second-order valence-electron chi connectivity index (χ2n) is 11.3. The van der Waals surface area contributed by atoms with Crippen LogP contribution >= 0.6 is 0 Å². The zero-order chi connectivity index (χ0) is 24.8. The lowest BCUT2D eigenvalue weighted by Crippen LogP contribution is -2.27. The first-order valence-electron chi connectivity index (χ1n) is 16.6. The normalized spacial score (nSPS) is 11.6. The van der Waals surface area contributed by atoms with E-state index in [4.69, 9.17) is 0 Å². The molecule has 0 aliphatic carbocycles. The SMILES string of the molecule is CCCCCCCCCCCCCCCN(CCC)CCCCCCCCCCCCCCC. The number of hydrogen-bond acceptors (Lipinski definition) is 1. The van der Waals surface area contributed by atoms with E-state index >= 15 is 0 Å². The summed E-state index contributed by atoms with van der Waals surface area (Å²) in [7, 11) is 0. The second kappa shape index (κ2) is 31.0. The molecule has 0 saturated heterocycles. The van der Waals surface area contributed by atoms with Gasteiger partial charge in [-0.15, -0.1) is 0 Å². The molecule has 1 heteroatoms. The molecule has 0 aromatic rings. The monoisotopic (exact) mass is 480 g/mol. The molecule has 0 spiro atoms. The Labute approximate surface area is 218 Å². The molecule has 0 bridgehead atoms. The van der Waals surface area contributed by atoms with Gasteiger partial charge in [0, 0.05) is 0 Å². The van der Waals surface area contributed by atoms with E-state index < -0.39 is 0 Å². The summed E-state index contributed by atoms with van der Waals surface area (Å²) < 4.78 is 0. The van der Waals surface area contributed by atoms with Crippen molar-refractivity contribution < 1.29 is 0 Å². The summed E-state index contributed by atoms with van der Waals surface area (Å²) in [6.45, 7) is 11.0. The minimum atomic E-state index is 1.32. The predicted octanol–water partition coefficient (Wildman–Crippen LogP) is 11.9. The highest BCUT2D eigenvalue weighted by molar-refractivity contribution is 4.59. The number of unbranched alkanes of at least 4 members (excludes halogenated alkanes) is 24. The maximum Gasteiger partial charge on any atom is -0.00187 e. The van der Waals surface area contributed by atoms with Gasteiger partial charge in [-0.25, -0.2) is 0 Å². The lowest BCUT2D eigenvalue weighted by molar-refractivity contribution is 0.260. The summed E-state index contributed by atoms with van der Waals surface area (Å²) in [6.07, 6.45) is 39.3. The number of rotatable bonds is 30. The summed E-state index contributed by atoms with van der Waals surface area (Å²) in [4.78, 5) is 2.76. The summed E-state index contributed by atoms with van der Waals surface area (Å²) in [6, 6.07) is 0. The Morgan fingerprint density at radius 3 is 0.706 bits per heavy atom. The van der Waals surface area contributed by atoms with E-state index in [1.54, 1.807) is 0 Å². The molecule has 0 aliphatic heterocycles. The van der Waals surface area contributed by atoms with E-state index in [0.29, 0.717) is 0 Å². The first-order chi connectivity index (χ1) is 16.8. The van der Waals surface area contributed by atoms with Crippen molar-refractivity contribution in [2.24, 2.45) is 0 Å². The van der Waals surface area contributed by atoms with Crippen LogP contribution in [-0.2, 0) is 0 Å². The van der Waals surface area contributed by atoms with Crippen LogP contribution in [0.2, 0.25) is 0 Å². The topological polar surface area (TPSA) is 3.24 Å². The molecule has 206 valence electrons. The van der Waals surface area contributed by atoms with Crippen molar-refractivity contribution in [3.8, 4) is 0 Å². The molecule has 0 amide bonds. The van der Waals surface area contributed by atoms with Gasteiger partial charge in [-0.3, -0.25) is 0 Å². The largest absolute Gasteiger partial charge is 0.303 e. The third-order valence-corrected chi connectivity index (χ3v) is 7.70. The Bertz CT molecular complexity index is 309. The van der Waals surface area contributed by atoms with Crippen LogP contribution in [0, 0.1) is 0 Å². The van der Waals surface area contributed by atoms with Crippen LogP contribution in [0.15, 0.2) is 0 Å². The van der Waals surface area contributed by atoms with Crippen molar-refractivity contribution in [3.63, 3.8) is 0 Å². The third-order valence-electron chi connectivity index (χ3n) is 7.70. The Morgan fingerprint density at radius 2 is 0.471 bits per heavy atom. The van der Waals surface area contributed by atoms with E-state index in [2.05, 4.69) is 25.7 Å². The minimum Gasteiger partial charge on any atom is -0.303 e. The maximum absolute atomic E-state index is 2.76. The fourth-order valence-electron chi connectivity index (χ4n) is 5.36. The molecule has 0 rings (SSSR count). The van der Waals surface area contributed by atoms with E-state index in [1.165, 1.54) is 193 Å². The third kappa shape index (κ3) is 28.2. The first kappa shape index (κ1) is 34.0. The van der Waals surface area contributed by atoms with Crippen LogP contribution in [0.1, 0.15) is 194 Å². The first-order valence-corrected chi connectivity index (χ1v) is 16.6. The highest BCUT2D eigenvalue weighted by Crippen LogP contribution is 2.14. The van der Waals surface area contributed by atoms with Gasteiger partial charge in [-0.2, -0.15) is 0 Å². The van der Waals surface area contributed by atoms with Crippen molar-refractivity contribution in [2.45, 2.75) is 194 Å². The van der Waals surface area contributed by atoms with Crippen LogP contribution in [0.25, 0.3) is 0 Å². The van der Waals surface area contributed by atoms with E-state index in [9.17, 15) is 0 Å². The standard InChI is InChI=1S/C33H69N/c1-4-7-9-11-13-15-17-19-21-23-25-27-29-32-34(31-6-3)33-30-28-26-24-22-20-18-16-14-12-10-8-5-2/h4-33H2,1-3H3. The molecule has 0 unspecified atom stereocenters. The van der Waals surface area contributed by atoms with Gasteiger partial charge in [0.15, 0.2) is 0 Å². The van der Waals surface area contributed by atoms with Crippen LogP contribution < -0.4 is 0 Å². The van der Waals surface area contributed by atoms with Crippen LogP contribution in [-0.4, -0.2) is 24.5 Å². The van der Waals surface area contributed by atoms with Crippen LogP contribution in [0.3, 0.4) is 0 Å². The lowest BCUT2D eigenvalue weighted by Gasteiger charge is -2.21. The van der Waals surface area contributed by atoms with Crippen molar-refractivity contribution >= 4 is 0 Å². The Morgan fingerprint density at radius 1 is 0.235 bits per heavy atom. The van der Waals surface area contributed by atoms with Gasteiger partial charge >= 0.3 is 0 Å². The summed E-state index contributed by atoms with van der Waals surface area (Å²) >= 11 is 0. The van der Waals surface area contributed by atoms with E-state index in [1.807, 2.05) is 0 Å². The molecule has 0 saturated carbocycles. The van der Waals surface area contributed by atoms with Gasteiger partial charge < -0.3 is 4.90 Å². The molecule has 0 radical (unpaired) electrons. The van der Waals surface area contributed by atoms with Gasteiger partial charge in [0.2, 0.25) is 0 Å². The smallest absolute Gasteiger partial charge is 0.00187 e. The van der Waals surface area contributed by atoms with Gasteiger partial charge in [-0.05, 0) is 38.9 Å². The lowest BCUT2D eigenvalue weighted by atomic mass is 10.0. The molecule has 34 heavy (non-hydrogen) atoms. The molecular weight excluding hydrogens is 410 g/mol. The fraction of sp³-hybridized carbons (Fsp3) is 1.00. The molecule has 0 fully saturated rings. The average Bonchev–Trinajstić information content (AvgIpc) is 2.84. The minimum absolute atomic E-state index is 1.32. The summed E-state index contributed by atoms with van der Waals surface area (Å²) in [5.74, 6) is 0. The van der Waals surface area contributed by atoms with Crippen molar-refractivity contribution in [1.82, 2.24) is 4.90 Å². The average molecular weight is 480 g/mol. The predicted molar refractivity (Wildman–Crippen MR) is 158 cm³/mol. The molecular formula is C33H69N. The van der Waals surface area contributed by atoms with Gasteiger partial charge in [0.05, 0.1) is 0 Å². The zero-order valence-electron chi connectivity index (χ0n) is 24.7. The number of nitrogens with zero attached hydrogens (tertiary/aromatic N) is 1. The molecule has 0 heterocycles. The summed E-state index contributed by atoms with van der Waals surface area (Å²) in [5.41, 5.74) is 0. The van der Waals surface area contributed by atoms with E-state index in [-0.39, 0.29) is 0 Å². The molecule has 0 aromatic heterocycles. The van der Waals surface area contributed by atoms with Crippen molar-refractivity contribution in [1.29, 1.82) is 0 Å². The molecule has 0 N–H and O–H groups in total. The molecule has 1 nitrogen and oxygen atoms in total. The highest BCUT2D eigenvalue weighted by Gasteiger charge is 2.03.